The molecular weight excluding hydrogens is 398 g/mol. The normalized spacial score (nSPS) is 16.0. The zero-order valence-corrected chi connectivity index (χ0v) is 18.2. The molecule has 0 aliphatic carbocycles. The van der Waals surface area contributed by atoms with Crippen molar-refractivity contribution in [3.8, 4) is 11.4 Å². The molecule has 154 valence electrons. The van der Waals surface area contributed by atoms with Gasteiger partial charge in [0.15, 0.2) is 5.78 Å². The summed E-state index contributed by atoms with van der Waals surface area (Å²) in [6.07, 6.45) is 1.74. The molecule has 3 aromatic rings. The number of aromatic nitrogens is 4. The van der Waals surface area contributed by atoms with Gasteiger partial charge in [-0.1, -0.05) is 55.9 Å². The number of rotatable bonds is 6. The van der Waals surface area contributed by atoms with Gasteiger partial charge in [0.2, 0.25) is 5.16 Å². The minimum Gasteiger partial charge on any atom is -0.494 e. The number of hydrogen-bond acceptors (Lipinski definition) is 7. The number of fused-ring (bicyclic) bond motifs is 1. The van der Waals surface area contributed by atoms with Crippen LogP contribution in [-0.2, 0) is 10.2 Å². The zero-order valence-electron chi connectivity index (χ0n) is 17.4. The van der Waals surface area contributed by atoms with Crippen LogP contribution >= 0.6 is 11.8 Å². The number of para-hydroxylation sites is 3. The maximum Gasteiger partial charge on any atom is 0.214 e. The Balaban J connectivity index is 1.53. The monoisotopic (exact) mass is 421 g/mol. The molecule has 4 rings (SSSR count). The van der Waals surface area contributed by atoms with Gasteiger partial charge < -0.3 is 9.64 Å². The Bertz CT molecular complexity index is 1120. The molecule has 30 heavy (non-hydrogen) atoms. The maximum absolute atomic E-state index is 12.8. The largest absolute Gasteiger partial charge is 0.494 e. The molecule has 0 radical (unpaired) electrons. The third kappa shape index (κ3) is 3.47. The number of benzene rings is 2. The van der Waals surface area contributed by atoms with E-state index in [9.17, 15) is 4.79 Å². The van der Waals surface area contributed by atoms with Crippen molar-refractivity contribution in [2.75, 3.05) is 24.8 Å². The fourth-order valence-electron chi connectivity index (χ4n) is 3.81. The van der Waals surface area contributed by atoms with E-state index in [1.54, 1.807) is 17.9 Å². The number of ether oxygens (including phenoxy) is 1. The number of nitrogens with zero attached hydrogens (tertiary/aromatic N) is 5. The Morgan fingerprint density at radius 1 is 1.13 bits per heavy atom. The van der Waals surface area contributed by atoms with E-state index >= 15 is 0 Å². The van der Waals surface area contributed by atoms with Crippen molar-refractivity contribution in [2.45, 2.75) is 24.4 Å². The van der Waals surface area contributed by atoms with Crippen LogP contribution in [0.1, 0.15) is 19.4 Å². The van der Waals surface area contributed by atoms with Gasteiger partial charge in [0.25, 0.3) is 0 Å². The van der Waals surface area contributed by atoms with Gasteiger partial charge >= 0.3 is 0 Å². The first-order chi connectivity index (χ1) is 14.4. The molecule has 0 saturated carbocycles. The van der Waals surface area contributed by atoms with Crippen LogP contribution in [0.4, 0.5) is 5.69 Å². The van der Waals surface area contributed by atoms with Crippen LogP contribution in [0.5, 0.6) is 5.75 Å². The van der Waals surface area contributed by atoms with Crippen LogP contribution in [0.15, 0.2) is 65.5 Å². The van der Waals surface area contributed by atoms with Gasteiger partial charge in [0.05, 0.1) is 12.9 Å². The summed E-state index contributed by atoms with van der Waals surface area (Å²) in [5.41, 5.74) is 3.84. The first-order valence-electron chi connectivity index (χ1n) is 9.56. The first-order valence-corrected chi connectivity index (χ1v) is 10.5. The van der Waals surface area contributed by atoms with Crippen LogP contribution in [0.3, 0.4) is 0 Å². The van der Waals surface area contributed by atoms with Crippen molar-refractivity contribution >= 4 is 23.2 Å². The topological polar surface area (TPSA) is 73.1 Å². The highest BCUT2D eigenvalue weighted by Gasteiger charge is 2.38. The van der Waals surface area contributed by atoms with Gasteiger partial charge in [-0.15, -0.1) is 5.10 Å². The predicted octanol–water partition coefficient (Wildman–Crippen LogP) is 3.64. The summed E-state index contributed by atoms with van der Waals surface area (Å²) in [6, 6.07) is 15.7. The smallest absolute Gasteiger partial charge is 0.214 e. The molecule has 0 unspecified atom stereocenters. The van der Waals surface area contributed by atoms with Gasteiger partial charge in [-0.25, -0.2) is 0 Å². The Kier molecular flexibility index (Phi) is 5.34. The average molecular weight is 422 g/mol. The lowest BCUT2D eigenvalue weighted by atomic mass is 9.83. The summed E-state index contributed by atoms with van der Waals surface area (Å²) >= 11 is 1.30. The van der Waals surface area contributed by atoms with E-state index in [4.69, 9.17) is 4.74 Å². The molecule has 1 aromatic heterocycles. The van der Waals surface area contributed by atoms with E-state index < -0.39 is 0 Å². The fraction of sp³-hybridized carbons (Fsp3) is 0.273. The van der Waals surface area contributed by atoms with E-state index in [2.05, 4.69) is 46.4 Å². The zero-order chi connectivity index (χ0) is 21.3. The van der Waals surface area contributed by atoms with Gasteiger partial charge in [-0.3, -0.25) is 4.79 Å². The molecule has 8 heteroatoms. The van der Waals surface area contributed by atoms with E-state index in [1.165, 1.54) is 17.3 Å². The third-order valence-electron chi connectivity index (χ3n) is 5.34. The maximum atomic E-state index is 12.8. The molecule has 0 spiro atoms. The van der Waals surface area contributed by atoms with Crippen molar-refractivity contribution in [2.24, 2.45) is 0 Å². The van der Waals surface area contributed by atoms with Gasteiger partial charge in [0.1, 0.15) is 11.4 Å². The summed E-state index contributed by atoms with van der Waals surface area (Å²) in [5, 5.41) is 12.4. The molecule has 2 heterocycles. The Hall–Kier alpha value is -3.13. The highest BCUT2D eigenvalue weighted by atomic mass is 32.2. The number of anilines is 1. The second-order valence-electron chi connectivity index (χ2n) is 7.53. The molecular formula is C22H23N5O2S. The van der Waals surface area contributed by atoms with E-state index in [-0.39, 0.29) is 17.0 Å². The number of ketones is 1. The van der Waals surface area contributed by atoms with Crippen LogP contribution < -0.4 is 9.64 Å². The fourth-order valence-corrected chi connectivity index (χ4v) is 4.52. The Morgan fingerprint density at radius 2 is 1.83 bits per heavy atom. The standard InChI is InChI=1S/C22H23N5O2S/c1-22(2)16-9-5-6-10-17(16)26(3)20(22)13-15(28)14-30-21-23-24-25-27(21)18-11-7-8-12-19(18)29-4/h5-13H,14H2,1-4H3/b20-13+. The van der Waals surface area contributed by atoms with Crippen LogP contribution in [0.25, 0.3) is 5.69 Å². The summed E-state index contributed by atoms with van der Waals surface area (Å²) in [6.45, 7) is 4.29. The van der Waals surface area contributed by atoms with Crippen molar-refractivity contribution in [1.82, 2.24) is 20.2 Å². The highest BCUT2D eigenvalue weighted by Crippen LogP contribution is 2.46. The van der Waals surface area contributed by atoms with Crippen molar-refractivity contribution < 1.29 is 9.53 Å². The number of thioether (sulfide) groups is 1. The quantitative estimate of drug-likeness (QED) is 0.444. The predicted molar refractivity (Wildman–Crippen MR) is 117 cm³/mol. The molecule has 0 atom stereocenters. The molecule has 0 fully saturated rings. The van der Waals surface area contributed by atoms with E-state index in [0.717, 1.165) is 17.1 Å². The SMILES string of the molecule is COc1ccccc1-n1nnnc1SCC(=O)/C=C1/N(C)c2ccccc2C1(C)C. The van der Waals surface area contributed by atoms with Crippen LogP contribution in [0.2, 0.25) is 0 Å². The minimum absolute atomic E-state index is 0.0114. The molecule has 2 aromatic carbocycles. The molecule has 0 amide bonds. The number of methoxy groups -OCH3 is 1. The summed E-state index contributed by atoms with van der Waals surface area (Å²) < 4.78 is 6.98. The van der Waals surface area contributed by atoms with Crippen molar-refractivity contribution in [1.29, 1.82) is 0 Å². The molecule has 7 nitrogen and oxygen atoms in total. The Morgan fingerprint density at radius 3 is 2.57 bits per heavy atom. The third-order valence-corrected chi connectivity index (χ3v) is 6.28. The van der Waals surface area contributed by atoms with Crippen LogP contribution in [-0.4, -0.2) is 45.9 Å². The Labute approximate surface area is 179 Å². The lowest BCUT2D eigenvalue weighted by Crippen LogP contribution is -2.24. The number of allylic oxidation sites excluding steroid dienone is 2. The first kappa shape index (κ1) is 20.2. The summed E-state index contributed by atoms with van der Waals surface area (Å²) in [4.78, 5) is 14.9. The number of carbonyl (C=O) groups is 1. The summed E-state index contributed by atoms with van der Waals surface area (Å²) in [7, 11) is 3.60. The lowest BCUT2D eigenvalue weighted by Gasteiger charge is -2.23. The molecule has 0 saturated heterocycles. The second kappa shape index (κ2) is 7.95. The average Bonchev–Trinajstić information content (AvgIpc) is 3.30. The molecule has 1 aliphatic rings. The number of tetrazole rings is 1. The van der Waals surface area contributed by atoms with E-state index in [0.29, 0.717) is 10.9 Å². The minimum atomic E-state index is -0.231. The summed E-state index contributed by atoms with van der Waals surface area (Å²) in [5.74, 6) is 0.906. The number of carbonyl (C=O) groups excluding carboxylic acids is 1. The second-order valence-corrected chi connectivity index (χ2v) is 8.47. The number of hydrogen-bond donors (Lipinski definition) is 0. The lowest BCUT2D eigenvalue weighted by molar-refractivity contribution is -0.112. The van der Waals surface area contributed by atoms with E-state index in [1.807, 2.05) is 43.4 Å². The highest BCUT2D eigenvalue weighted by molar-refractivity contribution is 7.99. The van der Waals surface area contributed by atoms with Gasteiger partial charge in [0, 0.05) is 29.9 Å². The van der Waals surface area contributed by atoms with Crippen molar-refractivity contribution in [3.05, 3.63) is 65.9 Å². The molecule has 0 N–H and O–H groups in total. The van der Waals surface area contributed by atoms with Crippen molar-refractivity contribution in [3.63, 3.8) is 0 Å². The molecule has 1 aliphatic heterocycles. The number of likely N-dealkylation sites (N-methyl/N-ethyl adjacent to an activating group) is 1. The molecule has 0 bridgehead atoms. The van der Waals surface area contributed by atoms with Gasteiger partial charge in [-0.2, -0.15) is 4.68 Å². The van der Waals surface area contributed by atoms with Crippen LogP contribution in [0, 0.1) is 0 Å². The van der Waals surface area contributed by atoms with Gasteiger partial charge in [-0.05, 0) is 34.2 Å².